The smallest absolute Gasteiger partial charge is 0.337 e. The fraction of sp³-hybridized carbons (Fsp3) is 0.370. The zero-order valence-corrected chi connectivity index (χ0v) is 25.2. The van der Waals surface area contributed by atoms with Gasteiger partial charge in [-0.15, -0.1) is 0 Å². The number of hydrogen-bond acceptors (Lipinski definition) is 11. The molecule has 6 rings (SSSR count). The largest absolute Gasteiger partial charge is 0.387 e. The van der Waals surface area contributed by atoms with Gasteiger partial charge in [0.25, 0.3) is 0 Å². The monoisotopic (exact) mass is 649 g/mol. The molecule has 2 saturated heterocycles. The Kier molecular flexibility index (Phi) is 8.83. The number of rotatable bonds is 9. The van der Waals surface area contributed by atoms with Gasteiger partial charge in [0.15, 0.2) is 31.6 Å². The predicted molar refractivity (Wildman–Crippen MR) is 159 cm³/mol. The number of aromatic nitrogens is 4. The molecule has 43 heavy (non-hydrogen) atoms. The van der Waals surface area contributed by atoms with Crippen LogP contribution in [0, 0.1) is 0 Å². The molecule has 5 N–H and O–H groups in total. The van der Waals surface area contributed by atoms with E-state index in [1.165, 1.54) is 22.0 Å². The minimum absolute atomic E-state index is 0.0395. The maximum atomic E-state index is 12.1. The summed E-state index contributed by atoms with van der Waals surface area (Å²) in [6.45, 7) is 0.712. The summed E-state index contributed by atoms with van der Waals surface area (Å²) in [7, 11) is -7.02. The highest BCUT2D eigenvalue weighted by Gasteiger charge is 2.46. The number of halogens is 1. The third-order valence-corrected chi connectivity index (χ3v) is 11.0. The fourth-order valence-electron chi connectivity index (χ4n) is 5.82. The van der Waals surface area contributed by atoms with Crippen molar-refractivity contribution >= 4 is 44.6 Å². The highest BCUT2D eigenvalue weighted by atomic mass is 35.5. The Morgan fingerprint density at radius 3 is 2.16 bits per heavy atom. The van der Waals surface area contributed by atoms with Crippen molar-refractivity contribution in [3.63, 3.8) is 0 Å². The molecule has 2 aliphatic rings. The lowest BCUT2D eigenvalue weighted by molar-refractivity contribution is -0.0483. The van der Waals surface area contributed by atoms with E-state index in [0.717, 1.165) is 0 Å². The maximum Gasteiger partial charge on any atom is 0.337 e. The molecule has 0 amide bonds. The highest BCUT2D eigenvalue weighted by Crippen LogP contribution is 2.51. The van der Waals surface area contributed by atoms with Crippen LogP contribution in [0.2, 0.25) is 5.28 Å². The first-order chi connectivity index (χ1) is 20.6. The first-order valence-corrected chi connectivity index (χ1v) is 17.1. The minimum Gasteiger partial charge on any atom is -0.387 e. The second-order valence-corrected chi connectivity index (χ2v) is 14.3. The van der Waals surface area contributed by atoms with Crippen molar-refractivity contribution in [2.45, 2.75) is 36.4 Å². The van der Waals surface area contributed by atoms with Crippen molar-refractivity contribution in [1.29, 1.82) is 0 Å². The lowest BCUT2D eigenvalue weighted by Gasteiger charge is -2.19. The molecular formula is C27H30ClN5O8P2. The quantitative estimate of drug-likeness (QED) is 0.132. The van der Waals surface area contributed by atoms with Gasteiger partial charge in [0.05, 0.1) is 12.9 Å². The Labute approximate surface area is 252 Å². The number of ether oxygens (including phenoxy) is 1. The van der Waals surface area contributed by atoms with E-state index >= 15 is 0 Å². The minimum atomic E-state index is -4.35. The van der Waals surface area contributed by atoms with Crippen LogP contribution in [0.4, 0.5) is 5.82 Å². The number of anilines is 1. The average Bonchev–Trinajstić information content (AvgIpc) is 3.68. The molecule has 0 bridgehead atoms. The Hall–Kier alpha value is -2.54. The van der Waals surface area contributed by atoms with Crippen molar-refractivity contribution in [3.05, 3.63) is 83.4 Å². The molecule has 0 spiro atoms. The van der Waals surface area contributed by atoms with E-state index in [0.29, 0.717) is 24.4 Å². The molecule has 0 aliphatic carbocycles. The van der Waals surface area contributed by atoms with Gasteiger partial charge in [-0.1, -0.05) is 60.7 Å². The van der Waals surface area contributed by atoms with Crippen LogP contribution < -0.4 is 4.90 Å². The zero-order valence-electron chi connectivity index (χ0n) is 22.6. The number of hydrogen-bond donors (Lipinski definition) is 5. The summed E-state index contributed by atoms with van der Waals surface area (Å²) >= 11 is 6.42. The lowest BCUT2D eigenvalue weighted by Crippen LogP contribution is -2.33. The number of fused-ring (bicyclic) bond motifs is 1. The molecule has 0 saturated carbocycles. The molecule has 2 aromatic heterocycles. The molecule has 13 nitrogen and oxygen atoms in total. The van der Waals surface area contributed by atoms with Gasteiger partial charge in [-0.05, 0) is 22.7 Å². The molecule has 228 valence electrons. The van der Waals surface area contributed by atoms with Crippen molar-refractivity contribution in [1.82, 2.24) is 19.5 Å². The molecule has 2 aliphatic heterocycles. The zero-order chi connectivity index (χ0) is 30.3. The third-order valence-electron chi connectivity index (χ3n) is 7.81. The van der Waals surface area contributed by atoms with E-state index in [-0.39, 0.29) is 22.8 Å². The van der Waals surface area contributed by atoms with Gasteiger partial charge in [-0.3, -0.25) is 9.13 Å². The summed E-state index contributed by atoms with van der Waals surface area (Å²) in [5.41, 5.74) is 3.10. The molecule has 7 atom stereocenters. The van der Waals surface area contributed by atoms with Gasteiger partial charge in [-0.2, -0.15) is 9.97 Å². The standard InChI is InChI=1S/C27H30ClN5O8P2/c28-27-30-24(32-11-18(16-7-3-1-4-8-16)19(12-32)17-9-5-2-6-10-17)21-25(31-27)33(14-29-21)26-23(35)22(34)20(41-26)13-40-43(38,39)15-42(36)37/h1-10,14,18-20,22-23,26,34-37H,11-13,15H2,(H,38,39). The number of benzene rings is 2. The molecule has 4 heterocycles. The van der Waals surface area contributed by atoms with Gasteiger partial charge < -0.3 is 39.1 Å². The topological polar surface area (TPSA) is 184 Å². The Morgan fingerprint density at radius 2 is 1.58 bits per heavy atom. The summed E-state index contributed by atoms with van der Waals surface area (Å²) in [4.78, 5) is 43.5. The predicted octanol–water partition coefficient (Wildman–Crippen LogP) is 2.94. The normalized spacial score (nSPS) is 27.3. The third kappa shape index (κ3) is 6.34. The number of nitrogens with zero attached hydrogens (tertiary/aromatic N) is 5. The van der Waals surface area contributed by atoms with Crippen LogP contribution in [0.25, 0.3) is 11.2 Å². The Balaban J connectivity index is 1.29. The van der Waals surface area contributed by atoms with E-state index in [1.807, 2.05) is 36.4 Å². The van der Waals surface area contributed by atoms with Crippen LogP contribution >= 0.6 is 27.6 Å². The van der Waals surface area contributed by atoms with Crippen LogP contribution in [0.3, 0.4) is 0 Å². The molecule has 4 aromatic rings. The Morgan fingerprint density at radius 1 is 0.977 bits per heavy atom. The van der Waals surface area contributed by atoms with Gasteiger partial charge in [0.1, 0.15) is 24.2 Å². The first-order valence-electron chi connectivity index (χ1n) is 13.5. The van der Waals surface area contributed by atoms with E-state index in [4.69, 9.17) is 30.6 Å². The van der Waals surface area contributed by atoms with Crippen LogP contribution in [-0.2, 0) is 13.8 Å². The van der Waals surface area contributed by atoms with Crippen molar-refractivity contribution in [2.24, 2.45) is 0 Å². The van der Waals surface area contributed by atoms with Crippen LogP contribution in [0.15, 0.2) is 67.0 Å². The molecule has 2 fully saturated rings. The molecule has 16 heteroatoms. The molecule has 7 unspecified atom stereocenters. The van der Waals surface area contributed by atoms with Crippen molar-refractivity contribution in [2.75, 3.05) is 30.5 Å². The van der Waals surface area contributed by atoms with E-state index in [1.54, 1.807) is 0 Å². The maximum absolute atomic E-state index is 12.1. The first kappa shape index (κ1) is 30.5. The van der Waals surface area contributed by atoms with Crippen LogP contribution in [0.1, 0.15) is 29.2 Å². The van der Waals surface area contributed by atoms with Crippen molar-refractivity contribution in [3.8, 4) is 0 Å². The SMILES string of the molecule is O=P(O)(CP(O)O)OCC1OC(n2cnc3c(N4CC(c5ccccc5)C(c5ccccc5)C4)nc(Cl)nc32)C(O)C1O. The van der Waals surface area contributed by atoms with Crippen LogP contribution in [0.5, 0.6) is 0 Å². The number of aliphatic hydroxyl groups excluding tert-OH is 2. The number of aliphatic hydroxyl groups is 2. The van der Waals surface area contributed by atoms with Gasteiger partial charge >= 0.3 is 7.60 Å². The van der Waals surface area contributed by atoms with E-state index in [2.05, 4.69) is 44.1 Å². The van der Waals surface area contributed by atoms with Crippen molar-refractivity contribution < 1.29 is 38.7 Å². The molecule has 0 radical (unpaired) electrons. The van der Waals surface area contributed by atoms with E-state index in [9.17, 15) is 19.7 Å². The summed E-state index contributed by atoms with van der Waals surface area (Å²) in [6.07, 6.45) is -3.92. The van der Waals surface area contributed by atoms with Gasteiger partial charge in [0, 0.05) is 24.9 Å². The van der Waals surface area contributed by atoms with E-state index < -0.39 is 53.0 Å². The summed E-state index contributed by atoms with van der Waals surface area (Å²) in [6, 6.07) is 20.6. The Bertz CT molecular complexity index is 1570. The second kappa shape index (κ2) is 12.5. The highest BCUT2D eigenvalue weighted by molar-refractivity contribution is 7.67. The van der Waals surface area contributed by atoms with Crippen LogP contribution in [-0.4, -0.2) is 88.3 Å². The molecular weight excluding hydrogens is 620 g/mol. The summed E-state index contributed by atoms with van der Waals surface area (Å²) in [5.74, 6) is 0.00251. The molecule has 2 aromatic carbocycles. The number of imidazole rings is 1. The average molecular weight is 650 g/mol. The van der Waals surface area contributed by atoms with Gasteiger partial charge in [0.2, 0.25) is 5.28 Å². The van der Waals surface area contributed by atoms with Gasteiger partial charge in [-0.25, -0.2) is 4.98 Å². The lowest BCUT2D eigenvalue weighted by atomic mass is 9.84. The second-order valence-electron chi connectivity index (χ2n) is 10.6. The summed E-state index contributed by atoms with van der Waals surface area (Å²) in [5, 5.41) is 21.4. The summed E-state index contributed by atoms with van der Waals surface area (Å²) < 4.78 is 24.2. The fourth-order valence-corrected chi connectivity index (χ4v) is 7.97.